The highest BCUT2D eigenvalue weighted by atomic mass is 79.9. The minimum Gasteiger partial charge on any atom is -0.487 e. The highest BCUT2D eigenvalue weighted by molar-refractivity contribution is 9.10. The van der Waals surface area contributed by atoms with Crippen molar-refractivity contribution in [1.29, 1.82) is 0 Å². The Morgan fingerprint density at radius 3 is 2.57 bits per heavy atom. The zero-order valence-corrected chi connectivity index (χ0v) is 13.7. The molecule has 0 bridgehead atoms. The summed E-state index contributed by atoms with van der Waals surface area (Å²) < 4.78 is 41.7. The molecule has 0 saturated heterocycles. The van der Waals surface area contributed by atoms with Gasteiger partial charge in [0, 0.05) is 10.0 Å². The Labute approximate surface area is 134 Å². The van der Waals surface area contributed by atoms with Crippen molar-refractivity contribution in [2.24, 2.45) is 5.14 Å². The van der Waals surface area contributed by atoms with Gasteiger partial charge in [-0.25, -0.2) is 17.9 Å². The number of halogens is 3. The Morgan fingerprint density at radius 1 is 1.24 bits per heavy atom. The van der Waals surface area contributed by atoms with E-state index in [1.165, 1.54) is 30.3 Å². The molecule has 0 atom stereocenters. The van der Waals surface area contributed by atoms with E-state index in [0.29, 0.717) is 10.0 Å². The van der Waals surface area contributed by atoms with Gasteiger partial charge in [0.1, 0.15) is 18.2 Å². The van der Waals surface area contributed by atoms with Crippen LogP contribution in [-0.4, -0.2) is 8.42 Å². The maximum absolute atomic E-state index is 13.2. The van der Waals surface area contributed by atoms with E-state index >= 15 is 0 Å². The van der Waals surface area contributed by atoms with Crippen molar-refractivity contribution >= 4 is 37.6 Å². The molecule has 0 fully saturated rings. The fourth-order valence-electron chi connectivity index (χ4n) is 1.59. The standard InChI is InChI=1S/C13H10BrClFNO3S/c14-11-3-1-9(16)5-8(11)7-20-13-4-2-10(6-12(13)15)21(17,18)19/h1-6H,7H2,(H2,17,18,19). The minimum atomic E-state index is -3.82. The summed E-state index contributed by atoms with van der Waals surface area (Å²) in [7, 11) is -3.82. The van der Waals surface area contributed by atoms with Gasteiger partial charge >= 0.3 is 0 Å². The van der Waals surface area contributed by atoms with Crippen molar-refractivity contribution in [1.82, 2.24) is 0 Å². The van der Waals surface area contributed by atoms with E-state index in [1.807, 2.05) is 0 Å². The van der Waals surface area contributed by atoms with Crippen molar-refractivity contribution < 1.29 is 17.5 Å². The maximum atomic E-state index is 13.2. The van der Waals surface area contributed by atoms with Gasteiger partial charge in [-0.3, -0.25) is 0 Å². The summed E-state index contributed by atoms with van der Waals surface area (Å²) in [6.07, 6.45) is 0. The average molecular weight is 395 g/mol. The number of primary sulfonamides is 1. The SMILES string of the molecule is NS(=O)(=O)c1ccc(OCc2cc(F)ccc2Br)c(Cl)c1. The van der Waals surface area contributed by atoms with Crippen LogP contribution in [0.5, 0.6) is 5.75 Å². The van der Waals surface area contributed by atoms with Gasteiger partial charge in [-0.1, -0.05) is 27.5 Å². The van der Waals surface area contributed by atoms with Crippen LogP contribution in [0, 0.1) is 5.82 Å². The lowest BCUT2D eigenvalue weighted by atomic mass is 10.2. The van der Waals surface area contributed by atoms with Crippen LogP contribution >= 0.6 is 27.5 Å². The predicted octanol–water partition coefficient (Wildman–Crippen LogP) is 3.47. The maximum Gasteiger partial charge on any atom is 0.238 e. The summed E-state index contributed by atoms with van der Waals surface area (Å²) in [5.74, 6) is -0.104. The number of hydrogen-bond donors (Lipinski definition) is 1. The van der Waals surface area contributed by atoms with Crippen LogP contribution in [0.2, 0.25) is 5.02 Å². The van der Waals surface area contributed by atoms with Gasteiger partial charge < -0.3 is 4.74 Å². The Kier molecular flexibility index (Phi) is 4.88. The molecule has 0 saturated carbocycles. The topological polar surface area (TPSA) is 69.4 Å². The Morgan fingerprint density at radius 2 is 1.95 bits per heavy atom. The lowest BCUT2D eigenvalue weighted by molar-refractivity contribution is 0.305. The second-order valence-electron chi connectivity index (χ2n) is 4.16. The summed E-state index contributed by atoms with van der Waals surface area (Å²) in [4.78, 5) is -0.105. The number of rotatable bonds is 4. The molecule has 0 aromatic heterocycles. The van der Waals surface area contributed by atoms with Crippen molar-refractivity contribution in [3.8, 4) is 5.75 Å². The number of benzene rings is 2. The van der Waals surface area contributed by atoms with E-state index in [2.05, 4.69) is 15.9 Å². The number of nitrogens with two attached hydrogens (primary N) is 1. The third-order valence-electron chi connectivity index (χ3n) is 2.62. The van der Waals surface area contributed by atoms with E-state index in [9.17, 15) is 12.8 Å². The monoisotopic (exact) mass is 393 g/mol. The molecule has 2 aromatic rings. The second kappa shape index (κ2) is 6.31. The average Bonchev–Trinajstić information content (AvgIpc) is 2.40. The molecule has 0 aliphatic carbocycles. The smallest absolute Gasteiger partial charge is 0.238 e. The van der Waals surface area contributed by atoms with Crippen LogP contribution in [0.25, 0.3) is 0 Å². The van der Waals surface area contributed by atoms with E-state index in [0.717, 1.165) is 0 Å². The lowest BCUT2D eigenvalue weighted by Gasteiger charge is -2.10. The highest BCUT2D eigenvalue weighted by Gasteiger charge is 2.12. The van der Waals surface area contributed by atoms with Gasteiger partial charge in [0.05, 0.1) is 9.92 Å². The van der Waals surface area contributed by atoms with Crippen LogP contribution in [0.4, 0.5) is 4.39 Å². The quantitative estimate of drug-likeness (QED) is 0.863. The number of sulfonamides is 1. The molecule has 2 aromatic carbocycles. The molecule has 2 rings (SSSR count). The summed E-state index contributed by atoms with van der Waals surface area (Å²) in [5.41, 5.74) is 0.599. The van der Waals surface area contributed by atoms with E-state index in [1.54, 1.807) is 6.07 Å². The molecule has 21 heavy (non-hydrogen) atoms. The third-order valence-corrected chi connectivity index (χ3v) is 4.60. The first-order chi connectivity index (χ1) is 9.77. The molecule has 2 N–H and O–H groups in total. The largest absolute Gasteiger partial charge is 0.487 e. The molecule has 4 nitrogen and oxygen atoms in total. The summed E-state index contributed by atoms with van der Waals surface area (Å²) >= 11 is 9.23. The fraction of sp³-hybridized carbons (Fsp3) is 0.0769. The van der Waals surface area contributed by atoms with Gasteiger partial charge in [-0.15, -0.1) is 0 Å². The van der Waals surface area contributed by atoms with Crippen LogP contribution in [0.15, 0.2) is 45.8 Å². The van der Waals surface area contributed by atoms with Crippen LogP contribution in [0.3, 0.4) is 0 Å². The van der Waals surface area contributed by atoms with Gasteiger partial charge in [0.25, 0.3) is 0 Å². The normalized spacial score (nSPS) is 11.4. The van der Waals surface area contributed by atoms with Gasteiger partial charge in [-0.2, -0.15) is 0 Å². The predicted molar refractivity (Wildman–Crippen MR) is 81.3 cm³/mol. The van der Waals surface area contributed by atoms with Gasteiger partial charge in [-0.05, 0) is 36.4 Å². The van der Waals surface area contributed by atoms with Gasteiger partial charge in [0.2, 0.25) is 10.0 Å². The summed E-state index contributed by atoms with van der Waals surface area (Å²) in [6, 6.07) is 8.11. The molecule has 0 heterocycles. The molecule has 0 aliphatic rings. The molecular weight excluding hydrogens is 385 g/mol. The lowest BCUT2D eigenvalue weighted by Crippen LogP contribution is -2.12. The molecule has 112 valence electrons. The first-order valence-corrected chi connectivity index (χ1v) is 8.38. The molecule has 0 amide bonds. The Bertz CT molecular complexity index is 783. The third kappa shape index (κ3) is 4.16. The highest BCUT2D eigenvalue weighted by Crippen LogP contribution is 2.28. The first kappa shape index (κ1) is 16.2. The van der Waals surface area contributed by atoms with E-state index in [4.69, 9.17) is 21.5 Å². The fourth-order valence-corrected chi connectivity index (χ4v) is 2.79. The number of ether oxygens (including phenoxy) is 1. The first-order valence-electron chi connectivity index (χ1n) is 5.66. The van der Waals surface area contributed by atoms with Crippen LogP contribution in [0.1, 0.15) is 5.56 Å². The molecule has 8 heteroatoms. The molecule has 0 aliphatic heterocycles. The minimum absolute atomic E-state index is 0.0762. The van der Waals surface area contributed by atoms with Gasteiger partial charge in [0.15, 0.2) is 0 Å². The van der Waals surface area contributed by atoms with Crippen LogP contribution < -0.4 is 9.88 Å². The number of hydrogen-bond acceptors (Lipinski definition) is 3. The Hall–Kier alpha value is -1.15. The Balaban J connectivity index is 2.19. The van der Waals surface area contributed by atoms with Crippen molar-refractivity contribution in [3.63, 3.8) is 0 Å². The zero-order chi connectivity index (χ0) is 15.6. The molecule has 0 unspecified atom stereocenters. The zero-order valence-electron chi connectivity index (χ0n) is 10.5. The van der Waals surface area contributed by atoms with E-state index in [-0.39, 0.29) is 28.1 Å². The molecular formula is C13H10BrClFNO3S. The summed E-state index contributed by atoms with van der Waals surface area (Å²) in [5, 5.41) is 5.11. The van der Waals surface area contributed by atoms with E-state index < -0.39 is 10.0 Å². The molecule has 0 spiro atoms. The van der Waals surface area contributed by atoms with Crippen LogP contribution in [-0.2, 0) is 16.6 Å². The molecule has 0 radical (unpaired) electrons. The second-order valence-corrected chi connectivity index (χ2v) is 6.98. The summed E-state index contributed by atoms with van der Waals surface area (Å²) in [6.45, 7) is 0.0762. The van der Waals surface area contributed by atoms with Crippen molar-refractivity contribution in [2.45, 2.75) is 11.5 Å². The van der Waals surface area contributed by atoms with Crippen molar-refractivity contribution in [3.05, 3.63) is 57.3 Å². The van der Waals surface area contributed by atoms with Crippen molar-refractivity contribution in [2.75, 3.05) is 0 Å².